The summed E-state index contributed by atoms with van der Waals surface area (Å²) in [6.45, 7) is 3.04. The molecule has 0 aliphatic rings. The van der Waals surface area contributed by atoms with E-state index in [1.165, 1.54) is 33.1 Å². The fourth-order valence-corrected chi connectivity index (χ4v) is 1.78. The van der Waals surface area contributed by atoms with E-state index >= 15 is 0 Å². The number of hydrogen-bond acceptors (Lipinski definition) is 4. The highest BCUT2D eigenvalue weighted by Crippen LogP contribution is 2.35. The van der Waals surface area contributed by atoms with Crippen LogP contribution >= 0.6 is 0 Å². The van der Waals surface area contributed by atoms with Gasteiger partial charge in [-0.1, -0.05) is 12.1 Å². The molecular weight excluding hydrogens is 306 g/mol. The molecule has 0 fully saturated rings. The van der Waals surface area contributed by atoms with E-state index in [4.69, 9.17) is 5.73 Å². The maximum atomic E-state index is 12.9. The van der Waals surface area contributed by atoms with Crippen LogP contribution in [0.4, 0.5) is 17.6 Å². The van der Waals surface area contributed by atoms with Crippen molar-refractivity contribution in [2.24, 2.45) is 11.1 Å². The lowest BCUT2D eigenvalue weighted by atomic mass is 9.81. The number of carbonyl (C=O) groups excluding carboxylic acids is 1. The molecular formula is C14H17F4NO3. The monoisotopic (exact) mass is 323 g/mol. The minimum atomic E-state index is -4.61. The zero-order valence-electron chi connectivity index (χ0n) is 12.3. The highest BCUT2D eigenvalue weighted by molar-refractivity contribution is 5.77. The molecule has 1 atom stereocenters. The predicted molar refractivity (Wildman–Crippen MR) is 70.7 cm³/mol. The van der Waals surface area contributed by atoms with E-state index in [1.807, 2.05) is 0 Å². The number of benzene rings is 1. The van der Waals surface area contributed by atoms with Crippen LogP contribution in [-0.4, -0.2) is 25.6 Å². The molecule has 0 radical (unpaired) electrons. The van der Waals surface area contributed by atoms with Gasteiger partial charge >= 0.3 is 18.5 Å². The number of carbonyl (C=O) groups is 1. The van der Waals surface area contributed by atoms with Crippen molar-refractivity contribution in [3.8, 4) is 5.75 Å². The summed E-state index contributed by atoms with van der Waals surface area (Å²) < 4.78 is 58.7. The molecule has 4 nitrogen and oxygen atoms in total. The van der Waals surface area contributed by atoms with Crippen LogP contribution < -0.4 is 10.5 Å². The van der Waals surface area contributed by atoms with Crippen LogP contribution in [0, 0.1) is 5.41 Å². The third-order valence-corrected chi connectivity index (χ3v) is 3.21. The Bertz CT molecular complexity index is 535. The van der Waals surface area contributed by atoms with Gasteiger partial charge in [0.1, 0.15) is 5.75 Å². The van der Waals surface area contributed by atoms with Crippen LogP contribution in [0.1, 0.15) is 25.5 Å². The largest absolute Gasteiger partial charge is 0.469 e. The van der Waals surface area contributed by atoms with Crippen LogP contribution in [0.25, 0.3) is 0 Å². The molecule has 2 N–H and O–H groups in total. The van der Waals surface area contributed by atoms with Crippen LogP contribution in [0.5, 0.6) is 5.75 Å². The Morgan fingerprint density at radius 1 is 1.27 bits per heavy atom. The van der Waals surface area contributed by atoms with Crippen molar-refractivity contribution in [2.75, 3.05) is 7.11 Å². The lowest BCUT2D eigenvalue weighted by molar-refractivity contribution is -0.253. The van der Waals surface area contributed by atoms with Gasteiger partial charge in [-0.15, -0.1) is 0 Å². The number of esters is 1. The van der Waals surface area contributed by atoms with Gasteiger partial charge in [0.25, 0.3) is 0 Å². The zero-order chi connectivity index (χ0) is 17.1. The summed E-state index contributed by atoms with van der Waals surface area (Å²) in [5, 5.41) is 0. The first-order chi connectivity index (χ1) is 10.0. The molecule has 0 heterocycles. The van der Waals surface area contributed by atoms with E-state index < -0.39 is 35.7 Å². The van der Waals surface area contributed by atoms with E-state index in [0.29, 0.717) is 0 Å². The molecule has 124 valence electrons. The van der Waals surface area contributed by atoms with Crippen molar-refractivity contribution in [1.82, 2.24) is 0 Å². The Labute approximate surface area is 125 Å². The Morgan fingerprint density at radius 3 is 2.36 bits per heavy atom. The first-order valence-electron chi connectivity index (χ1n) is 6.31. The quantitative estimate of drug-likeness (QED) is 0.645. The molecule has 0 bridgehead atoms. The van der Waals surface area contributed by atoms with Crippen LogP contribution in [0.3, 0.4) is 0 Å². The molecule has 0 spiro atoms. The van der Waals surface area contributed by atoms with Crippen molar-refractivity contribution < 1.29 is 31.8 Å². The molecule has 0 aliphatic heterocycles. The Hall–Kier alpha value is -1.83. The van der Waals surface area contributed by atoms with Gasteiger partial charge in [0.05, 0.1) is 12.5 Å². The molecule has 0 amide bonds. The zero-order valence-corrected chi connectivity index (χ0v) is 12.3. The first-order valence-corrected chi connectivity index (χ1v) is 6.31. The Morgan fingerprint density at radius 2 is 1.86 bits per heavy atom. The van der Waals surface area contributed by atoms with Crippen molar-refractivity contribution in [3.05, 3.63) is 29.8 Å². The van der Waals surface area contributed by atoms with E-state index in [9.17, 15) is 22.4 Å². The number of methoxy groups -OCH3 is 1. The summed E-state index contributed by atoms with van der Waals surface area (Å²) in [7, 11) is 1.19. The molecule has 1 aromatic carbocycles. The van der Waals surface area contributed by atoms with Gasteiger partial charge in [-0.05, 0) is 31.5 Å². The topological polar surface area (TPSA) is 61.5 Å². The predicted octanol–water partition coefficient (Wildman–Crippen LogP) is 3.12. The minimum Gasteiger partial charge on any atom is -0.469 e. The average molecular weight is 323 g/mol. The summed E-state index contributed by atoms with van der Waals surface area (Å²) in [5.41, 5.74) is 5.09. The lowest BCUT2D eigenvalue weighted by Crippen LogP contribution is -2.37. The van der Waals surface area contributed by atoms with Gasteiger partial charge < -0.3 is 15.2 Å². The van der Waals surface area contributed by atoms with E-state index in [2.05, 4.69) is 9.47 Å². The van der Waals surface area contributed by atoms with Crippen molar-refractivity contribution in [2.45, 2.75) is 32.4 Å². The maximum Gasteiger partial charge on any atom is 0.461 e. The Balaban J connectivity index is 3.04. The summed E-state index contributed by atoms with van der Waals surface area (Å²) in [5.74, 6) is -1.07. The molecule has 0 saturated carbocycles. The molecule has 1 aromatic rings. The normalized spacial score (nSPS) is 13.9. The number of ether oxygens (including phenoxy) is 2. The van der Waals surface area contributed by atoms with Gasteiger partial charge in [-0.25, -0.2) is 0 Å². The lowest BCUT2D eigenvalue weighted by Gasteiger charge is -2.29. The summed E-state index contributed by atoms with van der Waals surface area (Å²) >= 11 is 0. The molecule has 22 heavy (non-hydrogen) atoms. The third-order valence-electron chi connectivity index (χ3n) is 3.21. The number of hydrogen-bond donors (Lipinski definition) is 1. The van der Waals surface area contributed by atoms with E-state index in [0.717, 1.165) is 12.1 Å². The molecule has 0 saturated heterocycles. The summed E-state index contributed by atoms with van der Waals surface area (Å²) in [6, 6.07) is 4.08. The van der Waals surface area contributed by atoms with E-state index in [1.54, 1.807) is 0 Å². The molecule has 8 heteroatoms. The van der Waals surface area contributed by atoms with Gasteiger partial charge in [0.2, 0.25) is 0 Å². The second-order valence-corrected chi connectivity index (χ2v) is 5.23. The molecule has 0 aliphatic carbocycles. The number of nitrogens with two attached hydrogens (primary N) is 1. The molecule has 0 aromatic heterocycles. The average Bonchev–Trinajstić information content (AvgIpc) is 2.45. The number of halogens is 4. The fraction of sp³-hybridized carbons (Fsp3) is 0.500. The van der Waals surface area contributed by atoms with Gasteiger partial charge in [-0.3, -0.25) is 4.79 Å². The standard InChI is InChI=1S/C14H17F4NO3/c1-13(2,12(20)21-3)10(19)8-5-4-6-9(7-8)22-14(17,18)11(15)16/h4-7,10-11H,19H2,1-3H3/t10-/m1/s1. The summed E-state index contributed by atoms with van der Waals surface area (Å²) in [6.07, 6.45) is -8.57. The first kappa shape index (κ1) is 18.2. The summed E-state index contributed by atoms with van der Waals surface area (Å²) in [4.78, 5) is 11.7. The van der Waals surface area contributed by atoms with Crippen LogP contribution in [0.2, 0.25) is 0 Å². The van der Waals surface area contributed by atoms with Crippen molar-refractivity contribution in [1.29, 1.82) is 0 Å². The maximum absolute atomic E-state index is 12.9. The van der Waals surface area contributed by atoms with Gasteiger partial charge in [0, 0.05) is 6.04 Å². The van der Waals surface area contributed by atoms with Gasteiger partial charge in [-0.2, -0.15) is 17.6 Å². The Kier molecular flexibility index (Phi) is 5.39. The van der Waals surface area contributed by atoms with Gasteiger partial charge in [0.15, 0.2) is 0 Å². The number of rotatable bonds is 6. The molecule has 1 rings (SSSR count). The second-order valence-electron chi connectivity index (χ2n) is 5.23. The fourth-order valence-electron chi connectivity index (χ4n) is 1.78. The van der Waals surface area contributed by atoms with E-state index in [-0.39, 0.29) is 5.56 Å². The van der Waals surface area contributed by atoms with Crippen molar-refractivity contribution >= 4 is 5.97 Å². The van der Waals surface area contributed by atoms with Crippen molar-refractivity contribution in [3.63, 3.8) is 0 Å². The minimum absolute atomic E-state index is 0.276. The van der Waals surface area contributed by atoms with Crippen LogP contribution in [-0.2, 0) is 9.53 Å². The smallest absolute Gasteiger partial charge is 0.461 e. The highest BCUT2D eigenvalue weighted by Gasteiger charge is 2.44. The molecule has 0 unspecified atom stereocenters. The third kappa shape index (κ3) is 3.88. The highest BCUT2D eigenvalue weighted by atomic mass is 19.3. The second kappa shape index (κ2) is 6.51. The SMILES string of the molecule is COC(=O)C(C)(C)[C@H](N)c1cccc(OC(F)(F)C(F)F)c1. The number of alkyl halides is 4. The van der Waals surface area contributed by atoms with Crippen LogP contribution in [0.15, 0.2) is 24.3 Å².